The van der Waals surface area contributed by atoms with Crippen molar-refractivity contribution >= 4 is 23.2 Å². The van der Waals surface area contributed by atoms with Gasteiger partial charge in [-0.25, -0.2) is 4.98 Å². The Labute approximate surface area is 240 Å². The lowest BCUT2D eigenvalue weighted by atomic mass is 9.86. The zero-order valence-electron chi connectivity index (χ0n) is 24.4. The molecule has 1 aromatic heterocycles. The minimum Gasteiger partial charge on any atom is -0.349 e. The lowest BCUT2D eigenvalue weighted by Crippen LogP contribution is -2.71. The monoisotopic (exact) mass is 558 g/mol. The highest BCUT2D eigenvalue weighted by Gasteiger charge is 2.50. The largest absolute Gasteiger partial charge is 0.349 e. The topological polar surface area (TPSA) is 105 Å². The molecule has 2 aliphatic heterocycles. The van der Waals surface area contributed by atoms with Gasteiger partial charge in [0.2, 0.25) is 5.91 Å². The Morgan fingerprint density at radius 2 is 1.80 bits per heavy atom. The van der Waals surface area contributed by atoms with Crippen molar-refractivity contribution in [2.45, 2.75) is 71.8 Å². The molecule has 1 fully saturated rings. The molecule has 3 heterocycles. The van der Waals surface area contributed by atoms with Crippen molar-refractivity contribution < 1.29 is 14.5 Å². The van der Waals surface area contributed by atoms with E-state index >= 15 is 0 Å². The Balaban J connectivity index is 1.50. The van der Waals surface area contributed by atoms with Gasteiger partial charge in [0.15, 0.2) is 0 Å². The van der Waals surface area contributed by atoms with E-state index in [4.69, 9.17) is 0 Å². The second kappa shape index (κ2) is 11.0. The van der Waals surface area contributed by atoms with E-state index in [0.29, 0.717) is 25.3 Å². The first-order valence-electron chi connectivity index (χ1n) is 14.2. The van der Waals surface area contributed by atoms with Gasteiger partial charge in [-0.1, -0.05) is 58.9 Å². The summed E-state index contributed by atoms with van der Waals surface area (Å²) in [4.78, 5) is 48.8. The number of carbonyl (C=O) groups excluding carboxylic acids is 2. The zero-order valence-corrected chi connectivity index (χ0v) is 24.4. The highest BCUT2D eigenvalue weighted by molar-refractivity contribution is 6.05. The molecule has 2 aromatic carbocycles. The number of non-ortho nitro benzene ring substituents is 1. The van der Waals surface area contributed by atoms with E-state index in [-0.39, 0.29) is 34.4 Å². The van der Waals surface area contributed by atoms with E-state index in [1.807, 2.05) is 29.5 Å². The second-order valence-electron chi connectivity index (χ2n) is 12.4. The van der Waals surface area contributed by atoms with Gasteiger partial charge in [-0.3, -0.25) is 19.7 Å². The number of imidazole rings is 1. The molecule has 1 saturated heterocycles. The number of nitrogens with zero attached hydrogens (tertiary/aromatic N) is 6. The second-order valence-corrected chi connectivity index (χ2v) is 12.4. The first kappa shape index (κ1) is 28.3. The molecule has 10 nitrogen and oxygen atoms in total. The molecule has 1 unspecified atom stereocenters. The summed E-state index contributed by atoms with van der Waals surface area (Å²) in [6, 6.07) is 12.2. The summed E-state index contributed by atoms with van der Waals surface area (Å²) in [6.45, 7) is 12.5. The van der Waals surface area contributed by atoms with Crippen LogP contribution in [0.4, 0.5) is 11.4 Å². The SMILES string of the molecule is CC(C)[C@H]1C(=O)N(Cc2ccc(C(C)(C)C)cc2)CC2N(CCCn3ccnc3)c3ccc([N+](=O)[O-])cc3C(=O)N21. The summed E-state index contributed by atoms with van der Waals surface area (Å²) >= 11 is 0. The number of benzene rings is 2. The molecule has 2 atom stereocenters. The highest BCUT2D eigenvalue weighted by Crippen LogP contribution is 2.39. The van der Waals surface area contributed by atoms with Gasteiger partial charge in [0.1, 0.15) is 12.2 Å². The van der Waals surface area contributed by atoms with Crippen molar-refractivity contribution in [1.29, 1.82) is 0 Å². The number of carbonyl (C=O) groups is 2. The van der Waals surface area contributed by atoms with Gasteiger partial charge in [-0.2, -0.15) is 0 Å². The molecule has 0 spiro atoms. The molecule has 2 aliphatic rings. The van der Waals surface area contributed by atoms with E-state index in [0.717, 1.165) is 18.5 Å². The van der Waals surface area contributed by atoms with Crippen LogP contribution in [0.25, 0.3) is 0 Å². The van der Waals surface area contributed by atoms with Crippen molar-refractivity contribution in [3.63, 3.8) is 0 Å². The Kier molecular flexibility index (Phi) is 7.59. The van der Waals surface area contributed by atoms with Crippen LogP contribution >= 0.6 is 0 Å². The fourth-order valence-corrected chi connectivity index (χ4v) is 5.93. The summed E-state index contributed by atoms with van der Waals surface area (Å²) < 4.78 is 2.00. The van der Waals surface area contributed by atoms with Crippen LogP contribution < -0.4 is 4.90 Å². The number of piperazine rings is 1. The van der Waals surface area contributed by atoms with Crippen molar-refractivity contribution in [1.82, 2.24) is 19.4 Å². The minimum absolute atomic E-state index is 0.0326. The molecule has 2 amide bonds. The molecule has 3 aromatic rings. The zero-order chi connectivity index (χ0) is 29.5. The number of nitro benzene ring substituents is 1. The van der Waals surface area contributed by atoms with Crippen LogP contribution in [-0.4, -0.2) is 61.4 Å². The van der Waals surface area contributed by atoms with E-state index in [1.54, 1.807) is 23.5 Å². The lowest BCUT2D eigenvalue weighted by Gasteiger charge is -2.54. The van der Waals surface area contributed by atoms with Crippen LogP contribution in [-0.2, 0) is 23.3 Å². The van der Waals surface area contributed by atoms with Crippen LogP contribution in [0.1, 0.15) is 62.5 Å². The fourth-order valence-electron chi connectivity index (χ4n) is 5.93. The maximum atomic E-state index is 14.0. The van der Waals surface area contributed by atoms with Crippen LogP contribution in [0.2, 0.25) is 0 Å². The molecule has 10 heteroatoms. The average Bonchev–Trinajstić information content (AvgIpc) is 3.44. The highest BCUT2D eigenvalue weighted by atomic mass is 16.6. The quantitative estimate of drug-likeness (QED) is 0.290. The summed E-state index contributed by atoms with van der Waals surface area (Å²) in [6.07, 6.45) is 5.79. The van der Waals surface area contributed by atoms with Crippen LogP contribution in [0.15, 0.2) is 61.2 Å². The number of aromatic nitrogens is 2. The molecule has 0 bridgehead atoms. The number of amides is 2. The Bertz CT molecular complexity index is 1430. The van der Waals surface area contributed by atoms with E-state index in [1.165, 1.54) is 17.7 Å². The third-order valence-electron chi connectivity index (χ3n) is 8.09. The molecule has 0 N–H and O–H groups in total. The number of hydrogen-bond donors (Lipinski definition) is 0. The summed E-state index contributed by atoms with van der Waals surface area (Å²) in [5.41, 5.74) is 3.09. The van der Waals surface area contributed by atoms with Gasteiger partial charge in [0, 0.05) is 44.2 Å². The summed E-state index contributed by atoms with van der Waals surface area (Å²) in [7, 11) is 0. The maximum Gasteiger partial charge on any atom is 0.270 e. The number of anilines is 1. The van der Waals surface area contributed by atoms with Gasteiger partial charge in [0.05, 0.1) is 29.0 Å². The molecular weight excluding hydrogens is 520 g/mol. The Hall–Kier alpha value is -4.21. The minimum atomic E-state index is -0.682. The van der Waals surface area contributed by atoms with Gasteiger partial charge in [-0.15, -0.1) is 0 Å². The normalized spacial score (nSPS) is 19.0. The third-order valence-corrected chi connectivity index (χ3v) is 8.09. The predicted octanol–water partition coefficient (Wildman–Crippen LogP) is 4.83. The van der Waals surface area contributed by atoms with Crippen molar-refractivity contribution in [2.75, 3.05) is 18.0 Å². The van der Waals surface area contributed by atoms with Gasteiger partial charge in [0.25, 0.3) is 11.6 Å². The molecule has 0 saturated carbocycles. The molecule has 5 rings (SSSR count). The van der Waals surface area contributed by atoms with Crippen LogP contribution in [0.3, 0.4) is 0 Å². The van der Waals surface area contributed by atoms with E-state index in [9.17, 15) is 19.7 Å². The third kappa shape index (κ3) is 5.55. The van der Waals surface area contributed by atoms with Crippen molar-refractivity contribution in [2.24, 2.45) is 5.92 Å². The Morgan fingerprint density at radius 1 is 1.07 bits per heavy atom. The van der Waals surface area contributed by atoms with Gasteiger partial charge < -0.3 is 19.3 Å². The maximum absolute atomic E-state index is 14.0. The molecule has 216 valence electrons. The first-order valence-corrected chi connectivity index (χ1v) is 14.2. The van der Waals surface area contributed by atoms with E-state index < -0.39 is 17.1 Å². The molecule has 0 aliphatic carbocycles. The summed E-state index contributed by atoms with van der Waals surface area (Å²) in [5.74, 6) is -0.578. The lowest BCUT2D eigenvalue weighted by molar-refractivity contribution is -0.384. The van der Waals surface area contributed by atoms with Crippen LogP contribution in [0, 0.1) is 16.0 Å². The van der Waals surface area contributed by atoms with Crippen molar-refractivity contribution in [3.8, 4) is 0 Å². The molecule has 41 heavy (non-hydrogen) atoms. The first-order chi connectivity index (χ1) is 19.5. The number of rotatable bonds is 8. The summed E-state index contributed by atoms with van der Waals surface area (Å²) in [5, 5.41) is 11.6. The number of nitro groups is 1. The number of hydrogen-bond acceptors (Lipinski definition) is 6. The smallest absolute Gasteiger partial charge is 0.270 e. The van der Waals surface area contributed by atoms with E-state index in [2.05, 4.69) is 54.9 Å². The van der Waals surface area contributed by atoms with Crippen LogP contribution in [0.5, 0.6) is 0 Å². The standard InChI is InChI=1S/C31H38N6O4/c1-21(2)28-30(39)34(18-22-7-9-23(10-8-22)31(3,4)5)19-27-35(15-6-14-33-16-13-32-20-33)26-12-11-24(37(40)41)17-25(26)29(38)36(27)28/h7-13,16-17,20-21,27-28H,6,14-15,18-19H2,1-5H3/t27?,28-/m0/s1. The number of aryl methyl sites for hydroxylation is 1. The fraction of sp³-hybridized carbons (Fsp3) is 0.452. The molecule has 0 radical (unpaired) electrons. The van der Waals surface area contributed by atoms with Crippen molar-refractivity contribution in [3.05, 3.63) is 88.0 Å². The Morgan fingerprint density at radius 3 is 2.41 bits per heavy atom. The van der Waals surface area contributed by atoms with Gasteiger partial charge in [-0.05, 0) is 34.9 Å². The number of fused-ring (bicyclic) bond motifs is 2. The average molecular weight is 559 g/mol. The van der Waals surface area contributed by atoms with Gasteiger partial charge >= 0.3 is 0 Å². The molecular formula is C31H38N6O4. The predicted molar refractivity (Wildman–Crippen MR) is 156 cm³/mol.